The summed E-state index contributed by atoms with van der Waals surface area (Å²) in [6, 6.07) is 0. The van der Waals surface area contributed by atoms with Gasteiger partial charge in [0.2, 0.25) is 0 Å². The zero-order valence-electron chi connectivity index (χ0n) is 6.63. The van der Waals surface area contributed by atoms with E-state index in [1.165, 1.54) is 0 Å². The fourth-order valence-corrected chi connectivity index (χ4v) is 0.813. The number of halogens is 1. The van der Waals surface area contributed by atoms with E-state index < -0.39 is 0 Å². The molecule has 0 saturated heterocycles. The number of ether oxygens (including phenoxy) is 2. The highest BCUT2D eigenvalue weighted by molar-refractivity contribution is 9.09. The van der Waals surface area contributed by atoms with E-state index in [9.17, 15) is 0 Å². The molecule has 0 bridgehead atoms. The van der Waals surface area contributed by atoms with Crippen molar-refractivity contribution in [2.45, 2.75) is 13.2 Å². The molecule has 0 heterocycles. The van der Waals surface area contributed by atoms with E-state index in [0.29, 0.717) is 6.61 Å². The lowest BCUT2D eigenvalue weighted by Gasteiger charge is -2.10. The third kappa shape index (κ3) is 8.36. The SMILES string of the molecule is CCOC(CBr)OC.CO. The number of hydrogen-bond donors (Lipinski definition) is 1. The van der Waals surface area contributed by atoms with Crippen LogP contribution >= 0.6 is 15.9 Å². The molecule has 10 heavy (non-hydrogen) atoms. The monoisotopic (exact) mass is 214 g/mol. The smallest absolute Gasteiger partial charge is 0.166 e. The molecule has 1 N–H and O–H groups in total. The molecule has 0 aliphatic heterocycles. The molecule has 0 aromatic rings. The molecule has 0 aliphatic carbocycles. The molecule has 0 rings (SSSR count). The summed E-state index contributed by atoms with van der Waals surface area (Å²) >= 11 is 3.23. The molecule has 0 fully saturated rings. The summed E-state index contributed by atoms with van der Waals surface area (Å²) < 4.78 is 9.94. The van der Waals surface area contributed by atoms with Crippen LogP contribution in [0, 0.1) is 0 Å². The molecule has 3 nitrogen and oxygen atoms in total. The van der Waals surface area contributed by atoms with Crippen molar-refractivity contribution in [1.82, 2.24) is 0 Å². The van der Waals surface area contributed by atoms with Crippen LogP contribution in [-0.4, -0.2) is 37.6 Å². The van der Waals surface area contributed by atoms with Crippen molar-refractivity contribution >= 4 is 15.9 Å². The van der Waals surface area contributed by atoms with Crippen molar-refractivity contribution in [3.05, 3.63) is 0 Å². The molecule has 64 valence electrons. The lowest BCUT2D eigenvalue weighted by Crippen LogP contribution is -2.16. The Bertz CT molecular complexity index is 48.3. The van der Waals surface area contributed by atoms with E-state index in [4.69, 9.17) is 14.6 Å². The standard InChI is InChI=1S/C5H11BrO2.CH4O/c1-3-8-5(4-6)7-2;1-2/h5H,3-4H2,1-2H3;2H,1H3. The van der Waals surface area contributed by atoms with Crippen molar-refractivity contribution < 1.29 is 14.6 Å². The first-order valence-electron chi connectivity index (χ1n) is 3.00. The van der Waals surface area contributed by atoms with Crippen molar-refractivity contribution in [2.24, 2.45) is 0 Å². The summed E-state index contributed by atoms with van der Waals surface area (Å²) in [4.78, 5) is 0. The van der Waals surface area contributed by atoms with Gasteiger partial charge in [-0.2, -0.15) is 0 Å². The Hall–Kier alpha value is 0.360. The summed E-state index contributed by atoms with van der Waals surface area (Å²) in [5.74, 6) is 0. The second-order valence-corrected chi connectivity index (χ2v) is 1.92. The maximum Gasteiger partial charge on any atom is 0.166 e. The summed E-state index contributed by atoms with van der Waals surface area (Å²) in [6.07, 6.45) is -0.0833. The second kappa shape index (κ2) is 12.1. The highest BCUT2D eigenvalue weighted by Gasteiger charge is 2.00. The molecule has 1 unspecified atom stereocenters. The van der Waals surface area contributed by atoms with E-state index in [2.05, 4.69) is 15.9 Å². The third-order valence-corrected chi connectivity index (χ3v) is 1.27. The van der Waals surface area contributed by atoms with Crippen molar-refractivity contribution in [3.8, 4) is 0 Å². The second-order valence-electron chi connectivity index (χ2n) is 1.27. The van der Waals surface area contributed by atoms with Gasteiger partial charge in [0.05, 0.1) is 5.33 Å². The molecule has 0 aromatic heterocycles. The van der Waals surface area contributed by atoms with Crippen LogP contribution < -0.4 is 0 Å². The Labute approximate surface area is 70.5 Å². The first-order valence-corrected chi connectivity index (χ1v) is 4.12. The molecule has 0 aliphatic rings. The van der Waals surface area contributed by atoms with Crippen molar-refractivity contribution in [2.75, 3.05) is 26.2 Å². The topological polar surface area (TPSA) is 38.7 Å². The van der Waals surface area contributed by atoms with Crippen LogP contribution in [-0.2, 0) is 9.47 Å². The summed E-state index contributed by atoms with van der Waals surface area (Å²) in [5, 5.41) is 7.73. The van der Waals surface area contributed by atoms with E-state index in [1.54, 1.807) is 7.11 Å². The Morgan fingerprint density at radius 3 is 2.10 bits per heavy atom. The minimum atomic E-state index is -0.0833. The molecular weight excluding hydrogens is 200 g/mol. The zero-order chi connectivity index (χ0) is 8.41. The van der Waals surface area contributed by atoms with E-state index in [-0.39, 0.29) is 6.29 Å². The van der Waals surface area contributed by atoms with E-state index in [1.807, 2.05) is 6.92 Å². The average molecular weight is 215 g/mol. The highest BCUT2D eigenvalue weighted by atomic mass is 79.9. The van der Waals surface area contributed by atoms with Crippen LogP contribution in [0.15, 0.2) is 0 Å². The molecular formula is C6H15BrO3. The van der Waals surface area contributed by atoms with Gasteiger partial charge in [-0.3, -0.25) is 0 Å². The van der Waals surface area contributed by atoms with Crippen LogP contribution in [0.2, 0.25) is 0 Å². The number of alkyl halides is 1. The summed E-state index contributed by atoms with van der Waals surface area (Å²) in [5.41, 5.74) is 0. The number of aliphatic hydroxyl groups excluding tert-OH is 1. The van der Waals surface area contributed by atoms with Gasteiger partial charge in [0.25, 0.3) is 0 Å². The maximum atomic E-state index is 7.00. The van der Waals surface area contributed by atoms with Gasteiger partial charge in [0.15, 0.2) is 6.29 Å². The van der Waals surface area contributed by atoms with Crippen molar-refractivity contribution in [1.29, 1.82) is 0 Å². The third-order valence-electron chi connectivity index (χ3n) is 0.741. The van der Waals surface area contributed by atoms with Crippen LogP contribution in [0.4, 0.5) is 0 Å². The van der Waals surface area contributed by atoms with Gasteiger partial charge in [-0.15, -0.1) is 0 Å². The van der Waals surface area contributed by atoms with Crippen LogP contribution in [0.1, 0.15) is 6.92 Å². The lowest BCUT2D eigenvalue weighted by molar-refractivity contribution is -0.102. The maximum absolute atomic E-state index is 7.00. The molecule has 4 heteroatoms. The lowest BCUT2D eigenvalue weighted by atomic mass is 10.7. The largest absolute Gasteiger partial charge is 0.400 e. The molecule has 0 amide bonds. The predicted octanol–water partition coefficient (Wildman–Crippen LogP) is 0.999. The minimum Gasteiger partial charge on any atom is -0.400 e. The van der Waals surface area contributed by atoms with Gasteiger partial charge >= 0.3 is 0 Å². The average Bonchev–Trinajstić information content (AvgIpc) is 2.04. The Morgan fingerprint density at radius 1 is 1.50 bits per heavy atom. The van der Waals surface area contributed by atoms with E-state index >= 15 is 0 Å². The number of methoxy groups -OCH3 is 1. The normalized spacial score (nSPS) is 11.7. The first-order chi connectivity index (χ1) is 4.85. The summed E-state index contributed by atoms with van der Waals surface area (Å²) in [7, 11) is 2.63. The quantitative estimate of drug-likeness (QED) is 0.561. The minimum absolute atomic E-state index is 0.0833. The predicted molar refractivity (Wildman–Crippen MR) is 44.4 cm³/mol. The summed E-state index contributed by atoms with van der Waals surface area (Å²) in [6.45, 7) is 2.64. The Morgan fingerprint density at radius 2 is 2.00 bits per heavy atom. The number of hydrogen-bond acceptors (Lipinski definition) is 3. The molecule has 0 aromatic carbocycles. The molecule has 1 atom stereocenters. The molecule has 0 saturated carbocycles. The van der Waals surface area contributed by atoms with Gasteiger partial charge in [-0.25, -0.2) is 0 Å². The number of rotatable bonds is 4. The van der Waals surface area contributed by atoms with Gasteiger partial charge in [0, 0.05) is 20.8 Å². The van der Waals surface area contributed by atoms with Crippen molar-refractivity contribution in [3.63, 3.8) is 0 Å². The highest BCUT2D eigenvalue weighted by Crippen LogP contribution is 1.96. The van der Waals surface area contributed by atoms with Gasteiger partial charge < -0.3 is 14.6 Å². The molecule has 0 radical (unpaired) electrons. The van der Waals surface area contributed by atoms with Crippen LogP contribution in [0.5, 0.6) is 0 Å². The number of aliphatic hydroxyl groups is 1. The zero-order valence-corrected chi connectivity index (χ0v) is 8.22. The van der Waals surface area contributed by atoms with Gasteiger partial charge in [-0.05, 0) is 6.92 Å². The Balaban J connectivity index is 0. The Kier molecular flexibility index (Phi) is 15.7. The fraction of sp³-hybridized carbons (Fsp3) is 1.00. The first kappa shape index (κ1) is 13.0. The van der Waals surface area contributed by atoms with Crippen LogP contribution in [0.25, 0.3) is 0 Å². The van der Waals surface area contributed by atoms with E-state index in [0.717, 1.165) is 12.4 Å². The molecule has 0 spiro atoms. The fourth-order valence-electron chi connectivity index (χ4n) is 0.361. The van der Waals surface area contributed by atoms with Crippen LogP contribution in [0.3, 0.4) is 0 Å². The van der Waals surface area contributed by atoms with Gasteiger partial charge in [-0.1, -0.05) is 15.9 Å². The van der Waals surface area contributed by atoms with Gasteiger partial charge in [0.1, 0.15) is 0 Å².